The van der Waals surface area contributed by atoms with Gasteiger partial charge in [0.1, 0.15) is 31.0 Å². The summed E-state index contributed by atoms with van der Waals surface area (Å²) in [5.74, 6) is -0.291. The minimum absolute atomic E-state index is 0.0203. The van der Waals surface area contributed by atoms with Gasteiger partial charge in [-0.1, -0.05) is 47.1 Å². The Morgan fingerprint density at radius 2 is 1.80 bits per heavy atom. The molecule has 236 valence electrons. The van der Waals surface area contributed by atoms with Crippen molar-refractivity contribution in [3.05, 3.63) is 70.5 Å². The van der Waals surface area contributed by atoms with Crippen LogP contribution in [0.2, 0.25) is 5.02 Å². The quantitative estimate of drug-likeness (QED) is 0.434. The Morgan fingerprint density at radius 1 is 1.02 bits per heavy atom. The number of rotatable bonds is 4. The number of nitrogens with one attached hydrogen (secondary N) is 2. The molecule has 6 rings (SSSR count). The van der Waals surface area contributed by atoms with Crippen LogP contribution < -0.4 is 20.1 Å². The van der Waals surface area contributed by atoms with E-state index in [1.165, 1.54) is 4.90 Å². The topological polar surface area (TPSA) is 148 Å². The van der Waals surface area contributed by atoms with E-state index in [9.17, 15) is 19.2 Å². The van der Waals surface area contributed by atoms with Crippen LogP contribution in [0.3, 0.4) is 0 Å². The molecular formula is C31H34ClN7O6. The first kappa shape index (κ1) is 30.4. The lowest BCUT2D eigenvalue weighted by Crippen LogP contribution is -2.64. The van der Waals surface area contributed by atoms with Crippen LogP contribution in [0.4, 0.5) is 0 Å². The van der Waals surface area contributed by atoms with Crippen LogP contribution in [0.1, 0.15) is 29.7 Å². The number of carbonyl (C=O) groups excluding carboxylic acids is 4. The number of halogens is 1. The summed E-state index contributed by atoms with van der Waals surface area (Å²) < 4.78 is 12.9. The molecule has 2 N–H and O–H groups in total. The highest BCUT2D eigenvalue weighted by Crippen LogP contribution is 2.35. The van der Waals surface area contributed by atoms with Crippen LogP contribution in [0.25, 0.3) is 0 Å². The second-order valence-electron chi connectivity index (χ2n) is 11.3. The van der Waals surface area contributed by atoms with Gasteiger partial charge in [-0.05, 0) is 23.6 Å². The maximum Gasteiger partial charge on any atom is 0.246 e. The Balaban J connectivity index is 1.24. The fourth-order valence-corrected chi connectivity index (χ4v) is 5.98. The number of fused-ring (bicyclic) bond motifs is 4. The fourth-order valence-electron chi connectivity index (χ4n) is 5.76. The summed E-state index contributed by atoms with van der Waals surface area (Å²) in [6, 6.07) is 10.9. The summed E-state index contributed by atoms with van der Waals surface area (Å²) in [5.41, 5.74) is 1.99. The lowest BCUT2D eigenvalue weighted by atomic mass is 10.0. The number of hydrogen-bond donors (Lipinski definition) is 2. The molecule has 1 fully saturated rings. The zero-order valence-corrected chi connectivity index (χ0v) is 25.4. The first-order valence-electron chi connectivity index (χ1n) is 15.0. The monoisotopic (exact) mass is 635 g/mol. The van der Waals surface area contributed by atoms with Gasteiger partial charge in [0, 0.05) is 43.6 Å². The summed E-state index contributed by atoms with van der Waals surface area (Å²) in [6.07, 6.45) is 2.65. The molecule has 0 unspecified atom stereocenters. The Bertz CT molecular complexity index is 1580. The van der Waals surface area contributed by atoms with Crippen LogP contribution in [0, 0.1) is 0 Å². The summed E-state index contributed by atoms with van der Waals surface area (Å²) in [7, 11) is 0. The molecule has 3 aliphatic heterocycles. The van der Waals surface area contributed by atoms with E-state index in [0.717, 1.165) is 5.56 Å². The van der Waals surface area contributed by atoms with E-state index in [1.807, 2.05) is 30.3 Å². The molecule has 14 heteroatoms. The fraction of sp³-hybridized carbons (Fsp3) is 0.419. The first-order chi connectivity index (χ1) is 21.8. The third-order valence-electron chi connectivity index (χ3n) is 8.11. The van der Waals surface area contributed by atoms with E-state index in [2.05, 4.69) is 20.9 Å². The van der Waals surface area contributed by atoms with Gasteiger partial charge in [0.05, 0.1) is 25.7 Å². The van der Waals surface area contributed by atoms with Crippen LogP contribution in [-0.4, -0.2) is 93.4 Å². The Morgan fingerprint density at radius 3 is 2.60 bits per heavy atom. The highest BCUT2D eigenvalue weighted by Gasteiger charge is 2.40. The Kier molecular flexibility index (Phi) is 9.15. The summed E-state index contributed by atoms with van der Waals surface area (Å²) in [4.78, 5) is 57.4. The molecule has 4 amide bonds. The van der Waals surface area contributed by atoms with Crippen molar-refractivity contribution in [1.82, 2.24) is 35.4 Å². The maximum absolute atomic E-state index is 14.1. The molecule has 2 aromatic carbocycles. The second-order valence-corrected chi connectivity index (χ2v) is 11.7. The third-order valence-corrected chi connectivity index (χ3v) is 8.46. The van der Waals surface area contributed by atoms with Gasteiger partial charge in [-0.2, -0.15) is 0 Å². The molecule has 1 saturated heterocycles. The molecule has 0 spiro atoms. The van der Waals surface area contributed by atoms with Gasteiger partial charge in [0.15, 0.2) is 11.5 Å². The molecule has 0 saturated carbocycles. The lowest BCUT2D eigenvalue weighted by Gasteiger charge is -2.42. The van der Waals surface area contributed by atoms with Crippen LogP contribution in [0.5, 0.6) is 11.5 Å². The highest BCUT2D eigenvalue weighted by atomic mass is 35.5. The molecule has 0 aliphatic carbocycles. The SMILES string of the molecule is O=C1CCCn2cc(nn2)CNC(=O)[C@H]2CN(C(=O)Cc3cc4c(cc3Cl)OCCO4)CCN2C(=O)[C@H](Cc2ccccc2)N1. The third kappa shape index (κ3) is 7.19. The summed E-state index contributed by atoms with van der Waals surface area (Å²) in [5, 5.41) is 14.3. The summed E-state index contributed by atoms with van der Waals surface area (Å²) in [6.45, 7) is 1.66. The smallest absolute Gasteiger partial charge is 0.246 e. The molecule has 13 nitrogen and oxygen atoms in total. The zero-order valence-electron chi connectivity index (χ0n) is 24.6. The average Bonchev–Trinajstić information content (AvgIpc) is 3.50. The number of aromatic nitrogens is 3. The van der Waals surface area contributed by atoms with E-state index in [1.54, 1.807) is 27.9 Å². The van der Waals surface area contributed by atoms with Crippen molar-refractivity contribution in [2.45, 2.75) is 50.9 Å². The van der Waals surface area contributed by atoms with Crippen molar-refractivity contribution in [1.29, 1.82) is 0 Å². The van der Waals surface area contributed by atoms with E-state index < -0.39 is 18.0 Å². The number of benzene rings is 2. The molecule has 2 bridgehead atoms. The van der Waals surface area contributed by atoms with Crippen molar-refractivity contribution in [3.63, 3.8) is 0 Å². The number of aryl methyl sites for hydroxylation is 1. The van der Waals surface area contributed by atoms with Gasteiger partial charge >= 0.3 is 0 Å². The van der Waals surface area contributed by atoms with Crippen molar-refractivity contribution >= 4 is 35.2 Å². The highest BCUT2D eigenvalue weighted by molar-refractivity contribution is 6.31. The molecule has 2 atom stereocenters. The van der Waals surface area contributed by atoms with Gasteiger partial charge in [0.2, 0.25) is 23.6 Å². The molecule has 1 aromatic heterocycles. The first-order valence-corrected chi connectivity index (χ1v) is 15.4. The average molecular weight is 636 g/mol. The van der Waals surface area contributed by atoms with Crippen molar-refractivity contribution in [2.24, 2.45) is 0 Å². The predicted octanol–water partition coefficient (Wildman–Crippen LogP) is 1.12. The molecule has 0 radical (unpaired) electrons. The second kappa shape index (κ2) is 13.6. The molecule has 45 heavy (non-hydrogen) atoms. The number of carbonyl (C=O) groups is 4. The number of hydrogen-bond acceptors (Lipinski definition) is 8. The van der Waals surface area contributed by atoms with E-state index in [0.29, 0.717) is 54.0 Å². The largest absolute Gasteiger partial charge is 0.486 e. The predicted molar refractivity (Wildman–Crippen MR) is 161 cm³/mol. The minimum Gasteiger partial charge on any atom is -0.486 e. The molecule has 4 heterocycles. The van der Waals surface area contributed by atoms with Gasteiger partial charge in [0.25, 0.3) is 0 Å². The van der Waals surface area contributed by atoms with E-state index in [-0.39, 0.29) is 63.2 Å². The number of nitrogens with zero attached hydrogens (tertiary/aromatic N) is 5. The van der Waals surface area contributed by atoms with E-state index in [4.69, 9.17) is 21.1 Å². The van der Waals surface area contributed by atoms with Crippen molar-refractivity contribution in [2.75, 3.05) is 32.8 Å². The minimum atomic E-state index is -0.999. The van der Waals surface area contributed by atoms with Gasteiger partial charge < -0.3 is 29.9 Å². The molecule has 3 aliphatic rings. The maximum atomic E-state index is 14.1. The normalized spacial score (nSPS) is 20.8. The van der Waals surface area contributed by atoms with Crippen LogP contribution in [-0.2, 0) is 45.1 Å². The standard InChI is InChI=1S/C31H34ClN7O6/c32-23-16-27-26(44-11-12-45-27)14-21(23)15-29(41)37-9-10-39-25(19-37)30(42)33-17-22-18-38(36-35-22)8-4-7-28(40)34-24(31(39)43)13-20-5-2-1-3-6-20/h1-3,5-6,14,16,18,24-25H,4,7-13,15,17,19H2,(H,33,42)(H,34,40)/t24-,25+/m0/s1. The van der Waals surface area contributed by atoms with Crippen LogP contribution >= 0.6 is 11.6 Å². The Labute approximate surface area is 264 Å². The molecule has 3 aromatic rings. The van der Waals surface area contributed by atoms with Gasteiger partial charge in [-0.3, -0.25) is 23.9 Å². The van der Waals surface area contributed by atoms with Gasteiger partial charge in [-0.15, -0.1) is 5.10 Å². The van der Waals surface area contributed by atoms with Crippen molar-refractivity contribution in [3.8, 4) is 11.5 Å². The van der Waals surface area contributed by atoms with Crippen molar-refractivity contribution < 1.29 is 28.7 Å². The number of amides is 4. The molecular weight excluding hydrogens is 602 g/mol. The number of piperazine rings is 1. The lowest BCUT2D eigenvalue weighted by molar-refractivity contribution is -0.150. The van der Waals surface area contributed by atoms with Crippen LogP contribution in [0.15, 0.2) is 48.7 Å². The zero-order chi connectivity index (χ0) is 31.3. The Hall–Kier alpha value is -4.65. The van der Waals surface area contributed by atoms with Gasteiger partial charge in [-0.25, -0.2) is 0 Å². The summed E-state index contributed by atoms with van der Waals surface area (Å²) >= 11 is 6.48. The van der Waals surface area contributed by atoms with E-state index >= 15 is 0 Å². The number of ether oxygens (including phenoxy) is 2.